The Morgan fingerprint density at radius 3 is 2.36 bits per heavy atom. The summed E-state index contributed by atoms with van der Waals surface area (Å²) in [4.78, 5) is 40.5. The number of nitrogens with zero attached hydrogens (tertiary/aromatic N) is 3. The number of hydrogen-bond donors (Lipinski definition) is 1. The maximum absolute atomic E-state index is 12.2. The third-order valence-corrected chi connectivity index (χ3v) is 4.56. The Balaban J connectivity index is 1.74. The summed E-state index contributed by atoms with van der Waals surface area (Å²) in [6, 6.07) is 0.493. The summed E-state index contributed by atoms with van der Waals surface area (Å²) in [6.07, 6.45) is 0.330. The molecule has 22 heavy (non-hydrogen) atoms. The van der Waals surface area contributed by atoms with Crippen LogP contribution >= 0.6 is 0 Å². The lowest BCUT2D eigenvalue weighted by Crippen LogP contribution is -2.51. The molecule has 0 aromatic carbocycles. The van der Waals surface area contributed by atoms with Crippen LogP contribution in [-0.4, -0.2) is 82.9 Å². The van der Waals surface area contributed by atoms with Crippen LogP contribution in [0.1, 0.15) is 26.7 Å². The molecule has 0 spiro atoms. The smallest absolute Gasteiger partial charge is 0.308 e. The minimum absolute atomic E-state index is 0.0509. The second kappa shape index (κ2) is 7.09. The maximum atomic E-state index is 12.2. The number of carboxylic acids is 1. The zero-order valence-electron chi connectivity index (χ0n) is 13.3. The van der Waals surface area contributed by atoms with Crippen LogP contribution in [0.2, 0.25) is 0 Å². The molecule has 0 aliphatic carbocycles. The molecule has 0 radical (unpaired) electrons. The van der Waals surface area contributed by atoms with E-state index in [9.17, 15) is 14.4 Å². The molecule has 2 saturated heterocycles. The summed E-state index contributed by atoms with van der Waals surface area (Å²) in [5.74, 6) is -1.68. The molecule has 2 amide bonds. The van der Waals surface area contributed by atoms with Crippen LogP contribution < -0.4 is 0 Å². The average molecular weight is 311 g/mol. The third-order valence-electron chi connectivity index (χ3n) is 4.56. The van der Waals surface area contributed by atoms with Gasteiger partial charge in [-0.2, -0.15) is 0 Å². The van der Waals surface area contributed by atoms with E-state index in [-0.39, 0.29) is 31.2 Å². The number of carboxylic acid groups (broad SMARTS) is 1. The molecule has 2 aliphatic heterocycles. The lowest BCUT2D eigenvalue weighted by atomic mass is 10.1. The van der Waals surface area contributed by atoms with Gasteiger partial charge in [0.2, 0.25) is 11.8 Å². The Labute approximate surface area is 130 Å². The molecule has 0 bridgehead atoms. The van der Waals surface area contributed by atoms with Crippen molar-refractivity contribution in [3.63, 3.8) is 0 Å². The van der Waals surface area contributed by atoms with E-state index in [0.29, 0.717) is 12.6 Å². The van der Waals surface area contributed by atoms with Gasteiger partial charge >= 0.3 is 5.97 Å². The third kappa shape index (κ3) is 3.97. The largest absolute Gasteiger partial charge is 0.481 e. The van der Waals surface area contributed by atoms with Gasteiger partial charge in [-0.15, -0.1) is 0 Å². The molecular formula is C15H25N3O4. The van der Waals surface area contributed by atoms with Crippen molar-refractivity contribution in [3.05, 3.63) is 0 Å². The van der Waals surface area contributed by atoms with Gasteiger partial charge in [-0.1, -0.05) is 0 Å². The summed E-state index contributed by atoms with van der Waals surface area (Å²) in [7, 11) is 0. The van der Waals surface area contributed by atoms with E-state index >= 15 is 0 Å². The van der Waals surface area contributed by atoms with Crippen LogP contribution in [0.25, 0.3) is 0 Å². The van der Waals surface area contributed by atoms with Crippen LogP contribution in [0.5, 0.6) is 0 Å². The fourth-order valence-corrected chi connectivity index (χ4v) is 3.03. The van der Waals surface area contributed by atoms with Gasteiger partial charge in [0.25, 0.3) is 0 Å². The van der Waals surface area contributed by atoms with Gasteiger partial charge in [-0.3, -0.25) is 19.3 Å². The number of carbonyl (C=O) groups is 3. The number of amides is 2. The highest BCUT2D eigenvalue weighted by Gasteiger charge is 2.34. The van der Waals surface area contributed by atoms with Gasteiger partial charge in [0.05, 0.1) is 5.92 Å². The van der Waals surface area contributed by atoms with Gasteiger partial charge < -0.3 is 14.9 Å². The topological polar surface area (TPSA) is 81.2 Å². The van der Waals surface area contributed by atoms with Crippen molar-refractivity contribution in [2.24, 2.45) is 5.92 Å². The molecule has 1 N–H and O–H groups in total. The predicted octanol–water partition coefficient (Wildman–Crippen LogP) is -0.138. The van der Waals surface area contributed by atoms with Gasteiger partial charge in [-0.05, 0) is 13.8 Å². The molecule has 7 heteroatoms. The van der Waals surface area contributed by atoms with Gasteiger partial charge in [-0.25, -0.2) is 0 Å². The lowest BCUT2D eigenvalue weighted by molar-refractivity contribution is -0.141. The monoisotopic (exact) mass is 311 g/mol. The summed E-state index contributed by atoms with van der Waals surface area (Å²) in [5.41, 5.74) is 0. The van der Waals surface area contributed by atoms with Crippen LogP contribution in [0.4, 0.5) is 0 Å². The van der Waals surface area contributed by atoms with Gasteiger partial charge in [0, 0.05) is 58.2 Å². The molecule has 7 nitrogen and oxygen atoms in total. The SMILES string of the molecule is CC(C)N1CCN(C(=O)CCN2CC(C(=O)O)CC2=O)CC1. The molecule has 2 aliphatic rings. The molecule has 2 heterocycles. The highest BCUT2D eigenvalue weighted by Crippen LogP contribution is 2.18. The molecular weight excluding hydrogens is 286 g/mol. The van der Waals surface area contributed by atoms with E-state index in [4.69, 9.17) is 5.11 Å². The molecule has 2 rings (SSSR count). The number of rotatable bonds is 5. The lowest BCUT2D eigenvalue weighted by Gasteiger charge is -2.37. The summed E-state index contributed by atoms with van der Waals surface area (Å²) in [5, 5.41) is 8.94. The summed E-state index contributed by atoms with van der Waals surface area (Å²) in [6.45, 7) is 8.06. The van der Waals surface area contributed by atoms with Crippen LogP contribution in [-0.2, 0) is 14.4 Å². The number of piperazine rings is 1. The van der Waals surface area contributed by atoms with E-state index in [1.54, 1.807) is 0 Å². The van der Waals surface area contributed by atoms with Crippen LogP contribution in [0.3, 0.4) is 0 Å². The average Bonchev–Trinajstić information content (AvgIpc) is 2.86. The number of likely N-dealkylation sites (tertiary alicyclic amines) is 1. The van der Waals surface area contributed by atoms with Crippen molar-refractivity contribution in [1.29, 1.82) is 0 Å². The van der Waals surface area contributed by atoms with Crippen molar-refractivity contribution in [2.75, 3.05) is 39.3 Å². The highest BCUT2D eigenvalue weighted by molar-refractivity contribution is 5.86. The Hall–Kier alpha value is -1.63. The summed E-state index contributed by atoms with van der Waals surface area (Å²) < 4.78 is 0. The van der Waals surface area contributed by atoms with E-state index < -0.39 is 11.9 Å². The highest BCUT2D eigenvalue weighted by atomic mass is 16.4. The normalized spacial score (nSPS) is 23.4. The molecule has 1 atom stereocenters. The van der Waals surface area contributed by atoms with E-state index in [1.807, 2.05) is 4.90 Å². The van der Waals surface area contributed by atoms with E-state index in [0.717, 1.165) is 26.2 Å². The first kappa shape index (κ1) is 16.7. The molecule has 0 aromatic heterocycles. The minimum Gasteiger partial charge on any atom is -0.481 e. The number of hydrogen-bond acceptors (Lipinski definition) is 4. The van der Waals surface area contributed by atoms with Gasteiger partial charge in [0.15, 0.2) is 0 Å². The van der Waals surface area contributed by atoms with Crippen molar-refractivity contribution in [3.8, 4) is 0 Å². The Morgan fingerprint density at radius 1 is 1.23 bits per heavy atom. The maximum Gasteiger partial charge on any atom is 0.308 e. The molecule has 124 valence electrons. The molecule has 1 unspecified atom stereocenters. The Bertz CT molecular complexity index is 444. The fraction of sp³-hybridized carbons (Fsp3) is 0.800. The minimum atomic E-state index is -0.938. The zero-order chi connectivity index (χ0) is 16.3. The first-order valence-electron chi connectivity index (χ1n) is 7.91. The second-order valence-corrected chi connectivity index (χ2v) is 6.34. The zero-order valence-corrected chi connectivity index (χ0v) is 13.3. The molecule has 0 saturated carbocycles. The fourth-order valence-electron chi connectivity index (χ4n) is 3.03. The first-order valence-corrected chi connectivity index (χ1v) is 7.91. The van der Waals surface area contributed by atoms with E-state index in [1.165, 1.54) is 4.90 Å². The first-order chi connectivity index (χ1) is 10.4. The number of aliphatic carboxylic acids is 1. The van der Waals surface area contributed by atoms with Crippen LogP contribution in [0, 0.1) is 5.92 Å². The quantitative estimate of drug-likeness (QED) is 0.764. The van der Waals surface area contributed by atoms with Gasteiger partial charge in [0.1, 0.15) is 0 Å². The van der Waals surface area contributed by atoms with Crippen molar-refractivity contribution >= 4 is 17.8 Å². The van der Waals surface area contributed by atoms with E-state index in [2.05, 4.69) is 18.7 Å². The number of carbonyl (C=O) groups excluding carboxylic acids is 2. The Morgan fingerprint density at radius 2 is 1.86 bits per heavy atom. The summed E-state index contributed by atoms with van der Waals surface area (Å²) >= 11 is 0. The predicted molar refractivity (Wildman–Crippen MR) is 80.2 cm³/mol. The van der Waals surface area contributed by atoms with Crippen molar-refractivity contribution < 1.29 is 19.5 Å². The van der Waals surface area contributed by atoms with Crippen molar-refractivity contribution in [1.82, 2.24) is 14.7 Å². The van der Waals surface area contributed by atoms with Crippen molar-refractivity contribution in [2.45, 2.75) is 32.7 Å². The standard InChI is InChI=1S/C15H25N3O4/c1-11(2)16-5-7-17(8-6-16)13(19)3-4-18-10-12(15(21)22)9-14(18)20/h11-12H,3-10H2,1-2H3,(H,21,22). The second-order valence-electron chi connectivity index (χ2n) is 6.34. The van der Waals surface area contributed by atoms with Crippen LogP contribution in [0.15, 0.2) is 0 Å². The molecule has 2 fully saturated rings. The molecule has 0 aromatic rings. The Kier molecular flexibility index (Phi) is 5.39.